The first-order valence-corrected chi connectivity index (χ1v) is 9.85. The summed E-state index contributed by atoms with van der Waals surface area (Å²) in [5.74, 6) is 0.111. The first-order chi connectivity index (χ1) is 12.4. The summed E-state index contributed by atoms with van der Waals surface area (Å²) < 4.78 is 19.3. The molecule has 144 valence electrons. The van der Waals surface area contributed by atoms with Gasteiger partial charge in [0.05, 0.1) is 4.47 Å². The molecular weight excluding hydrogens is 403 g/mol. The summed E-state index contributed by atoms with van der Waals surface area (Å²) in [7, 11) is 0. The molecule has 7 heteroatoms. The third kappa shape index (κ3) is 4.96. The van der Waals surface area contributed by atoms with E-state index >= 15 is 0 Å². The minimum Gasteiger partial charge on any atom is -0.480 e. The molecule has 0 aromatic heterocycles. The van der Waals surface area contributed by atoms with E-state index in [9.17, 15) is 14.0 Å². The number of halogens is 2. The molecule has 26 heavy (non-hydrogen) atoms. The van der Waals surface area contributed by atoms with Gasteiger partial charge in [-0.3, -0.25) is 9.59 Å². The molecule has 0 saturated carbocycles. The molecule has 0 aliphatic carbocycles. The van der Waals surface area contributed by atoms with Gasteiger partial charge in [-0.2, -0.15) is 0 Å². The molecular formula is C19H26BrFN2O3. The lowest BCUT2D eigenvalue weighted by molar-refractivity contribution is -0.143. The molecule has 0 spiro atoms. The van der Waals surface area contributed by atoms with Gasteiger partial charge in [0.25, 0.3) is 5.91 Å². The van der Waals surface area contributed by atoms with Crippen LogP contribution in [0.1, 0.15) is 33.6 Å². The highest BCUT2D eigenvalue weighted by atomic mass is 79.9. The Bertz CT molecular complexity index is 644. The molecule has 1 atom stereocenters. The number of amides is 2. The van der Waals surface area contributed by atoms with Gasteiger partial charge in [0, 0.05) is 32.1 Å². The Hall–Kier alpha value is -1.63. The van der Waals surface area contributed by atoms with Crippen molar-refractivity contribution in [1.29, 1.82) is 0 Å². The van der Waals surface area contributed by atoms with Gasteiger partial charge in [-0.05, 0) is 67.7 Å². The van der Waals surface area contributed by atoms with E-state index in [0.29, 0.717) is 49.2 Å². The van der Waals surface area contributed by atoms with Crippen molar-refractivity contribution in [2.24, 2.45) is 5.92 Å². The van der Waals surface area contributed by atoms with Crippen LogP contribution in [0.4, 0.5) is 4.39 Å². The molecule has 5 nitrogen and oxygen atoms in total. The number of hydrogen-bond acceptors (Lipinski definition) is 3. The van der Waals surface area contributed by atoms with Gasteiger partial charge in [-0.1, -0.05) is 0 Å². The molecule has 1 aromatic rings. The number of hydrogen-bond donors (Lipinski definition) is 0. The maximum absolute atomic E-state index is 13.2. The van der Waals surface area contributed by atoms with Crippen LogP contribution in [0, 0.1) is 11.7 Å². The van der Waals surface area contributed by atoms with Crippen molar-refractivity contribution in [2.75, 3.05) is 26.2 Å². The fraction of sp³-hybridized carbons (Fsp3) is 0.579. The van der Waals surface area contributed by atoms with Crippen molar-refractivity contribution in [1.82, 2.24) is 9.80 Å². The average molecular weight is 429 g/mol. The number of carbonyl (C=O) groups is 2. The minimum absolute atomic E-state index is 0.0126. The highest BCUT2D eigenvalue weighted by molar-refractivity contribution is 9.10. The molecule has 1 heterocycles. The van der Waals surface area contributed by atoms with Crippen molar-refractivity contribution in [2.45, 2.75) is 39.7 Å². The monoisotopic (exact) mass is 428 g/mol. The molecule has 1 saturated heterocycles. The predicted molar refractivity (Wildman–Crippen MR) is 101 cm³/mol. The van der Waals surface area contributed by atoms with Crippen LogP contribution in [0.25, 0.3) is 0 Å². The summed E-state index contributed by atoms with van der Waals surface area (Å²) in [6.45, 7) is 8.17. The van der Waals surface area contributed by atoms with Gasteiger partial charge < -0.3 is 14.5 Å². The number of ether oxygens (including phenoxy) is 1. The molecule has 0 N–H and O–H groups in total. The average Bonchev–Trinajstić information content (AvgIpc) is 2.64. The maximum Gasteiger partial charge on any atom is 0.263 e. The van der Waals surface area contributed by atoms with Crippen LogP contribution in [0.5, 0.6) is 5.75 Å². The van der Waals surface area contributed by atoms with Gasteiger partial charge in [-0.25, -0.2) is 4.39 Å². The standard InChI is InChI=1S/C19H26BrFN2O3/c1-4-22(5-2)19(25)14-8-10-23(11-9-14)18(24)13(3)26-17-7-6-15(21)12-16(17)20/h6-7,12-14H,4-5,8-11H2,1-3H3. The van der Waals surface area contributed by atoms with E-state index in [4.69, 9.17) is 4.74 Å². The Balaban J connectivity index is 1.90. The second-order valence-electron chi connectivity index (χ2n) is 6.44. The molecule has 1 aliphatic heterocycles. The van der Waals surface area contributed by atoms with Crippen LogP contribution >= 0.6 is 15.9 Å². The normalized spacial score (nSPS) is 16.3. The largest absolute Gasteiger partial charge is 0.480 e. The van der Waals surface area contributed by atoms with E-state index in [0.717, 1.165) is 0 Å². The Morgan fingerprint density at radius 2 is 1.92 bits per heavy atom. The van der Waals surface area contributed by atoms with Crippen LogP contribution in [0.15, 0.2) is 22.7 Å². The Kier molecular flexibility index (Phi) is 7.43. The van der Waals surface area contributed by atoms with Crippen LogP contribution in [-0.2, 0) is 9.59 Å². The Labute approximate surface area is 162 Å². The van der Waals surface area contributed by atoms with E-state index < -0.39 is 6.10 Å². The molecule has 0 bridgehead atoms. The van der Waals surface area contributed by atoms with Crippen LogP contribution in [-0.4, -0.2) is 53.9 Å². The smallest absolute Gasteiger partial charge is 0.263 e. The van der Waals surface area contributed by atoms with E-state index in [1.807, 2.05) is 18.7 Å². The van der Waals surface area contributed by atoms with Crippen molar-refractivity contribution in [3.8, 4) is 5.75 Å². The lowest BCUT2D eigenvalue weighted by Gasteiger charge is -2.34. The van der Waals surface area contributed by atoms with Gasteiger partial charge in [0.2, 0.25) is 5.91 Å². The third-order valence-electron chi connectivity index (χ3n) is 4.78. The first kappa shape index (κ1) is 20.7. The number of nitrogens with zero attached hydrogens (tertiary/aromatic N) is 2. The quantitative estimate of drug-likeness (QED) is 0.696. The van der Waals surface area contributed by atoms with Crippen LogP contribution in [0.2, 0.25) is 0 Å². The molecule has 1 fully saturated rings. The summed E-state index contributed by atoms with van der Waals surface area (Å²) in [4.78, 5) is 28.6. The lowest BCUT2D eigenvalue weighted by atomic mass is 9.95. The number of likely N-dealkylation sites (tertiary alicyclic amines) is 1. The SMILES string of the molecule is CCN(CC)C(=O)C1CCN(C(=O)C(C)Oc2ccc(F)cc2Br)CC1. The van der Waals surface area contributed by atoms with Gasteiger partial charge in [0.15, 0.2) is 6.10 Å². The summed E-state index contributed by atoms with van der Waals surface area (Å²) >= 11 is 3.24. The zero-order valence-corrected chi connectivity index (χ0v) is 17.1. The second kappa shape index (κ2) is 9.35. The second-order valence-corrected chi connectivity index (χ2v) is 7.30. The van der Waals surface area contributed by atoms with E-state index in [2.05, 4.69) is 15.9 Å². The molecule has 1 aromatic carbocycles. The maximum atomic E-state index is 13.2. The molecule has 1 aliphatic rings. The van der Waals surface area contributed by atoms with Gasteiger partial charge in [-0.15, -0.1) is 0 Å². The summed E-state index contributed by atoms with van der Waals surface area (Å²) in [5, 5.41) is 0. The van der Waals surface area contributed by atoms with Crippen LogP contribution in [0.3, 0.4) is 0 Å². The van der Waals surface area contributed by atoms with Crippen molar-refractivity contribution < 1.29 is 18.7 Å². The Morgan fingerprint density at radius 3 is 2.46 bits per heavy atom. The summed E-state index contributed by atoms with van der Waals surface area (Å²) in [6.07, 6.45) is 0.675. The molecule has 2 rings (SSSR count). The predicted octanol–water partition coefficient (Wildman–Crippen LogP) is 3.46. The third-order valence-corrected chi connectivity index (χ3v) is 5.40. The van der Waals surface area contributed by atoms with E-state index in [1.54, 1.807) is 11.8 Å². The Morgan fingerprint density at radius 1 is 1.31 bits per heavy atom. The molecule has 1 unspecified atom stereocenters. The number of benzene rings is 1. The van der Waals surface area contributed by atoms with Gasteiger partial charge in [0.1, 0.15) is 11.6 Å². The van der Waals surface area contributed by atoms with Crippen LogP contribution < -0.4 is 4.74 Å². The highest BCUT2D eigenvalue weighted by Crippen LogP contribution is 2.27. The molecule has 0 radical (unpaired) electrons. The fourth-order valence-corrected chi connectivity index (χ4v) is 3.65. The lowest BCUT2D eigenvalue weighted by Crippen LogP contribution is -2.47. The fourth-order valence-electron chi connectivity index (χ4n) is 3.21. The topological polar surface area (TPSA) is 49.9 Å². The van der Waals surface area contributed by atoms with E-state index in [1.165, 1.54) is 18.2 Å². The van der Waals surface area contributed by atoms with Crippen molar-refractivity contribution in [3.05, 3.63) is 28.5 Å². The number of carbonyl (C=O) groups excluding carboxylic acids is 2. The number of piperidine rings is 1. The summed E-state index contributed by atoms with van der Waals surface area (Å²) in [6, 6.07) is 4.09. The number of rotatable bonds is 6. The van der Waals surface area contributed by atoms with Crippen molar-refractivity contribution in [3.63, 3.8) is 0 Å². The minimum atomic E-state index is -0.674. The zero-order chi connectivity index (χ0) is 19.3. The van der Waals surface area contributed by atoms with E-state index in [-0.39, 0.29) is 23.5 Å². The van der Waals surface area contributed by atoms with Crippen molar-refractivity contribution >= 4 is 27.7 Å². The molecule has 2 amide bonds. The summed E-state index contributed by atoms with van der Waals surface area (Å²) in [5.41, 5.74) is 0. The first-order valence-electron chi connectivity index (χ1n) is 9.06. The zero-order valence-electron chi connectivity index (χ0n) is 15.5. The highest BCUT2D eigenvalue weighted by Gasteiger charge is 2.31. The van der Waals surface area contributed by atoms with Gasteiger partial charge >= 0.3 is 0 Å².